The van der Waals surface area contributed by atoms with E-state index < -0.39 is 10.0 Å². The van der Waals surface area contributed by atoms with Gasteiger partial charge in [0.15, 0.2) is 0 Å². The van der Waals surface area contributed by atoms with Gasteiger partial charge < -0.3 is 9.52 Å². The summed E-state index contributed by atoms with van der Waals surface area (Å²) in [5.74, 6) is 0.503. The number of aliphatic hydroxyl groups is 1. The number of aryl methyl sites for hydroxylation is 2. The summed E-state index contributed by atoms with van der Waals surface area (Å²) in [6.07, 6.45) is 0. The summed E-state index contributed by atoms with van der Waals surface area (Å²) < 4.78 is 32.0. The van der Waals surface area contributed by atoms with Crippen molar-refractivity contribution in [3.05, 3.63) is 53.0 Å². The molecule has 2 N–H and O–H groups in total. The Balaban J connectivity index is 2.14. The van der Waals surface area contributed by atoms with Crippen LogP contribution in [0.4, 0.5) is 0 Å². The smallest absolute Gasteiger partial charge is 0.244 e. The molecule has 0 bridgehead atoms. The number of rotatable bonds is 5. The summed E-state index contributed by atoms with van der Waals surface area (Å²) in [5, 5.41) is 8.97. The highest BCUT2D eigenvalue weighted by Crippen LogP contribution is 2.20. The van der Waals surface area contributed by atoms with Gasteiger partial charge in [-0.2, -0.15) is 0 Å². The zero-order valence-corrected chi connectivity index (χ0v) is 12.2. The van der Waals surface area contributed by atoms with Crippen molar-refractivity contribution in [2.45, 2.75) is 31.9 Å². The zero-order chi connectivity index (χ0) is 14.8. The second-order valence-electron chi connectivity index (χ2n) is 4.60. The molecule has 0 saturated carbocycles. The maximum absolute atomic E-state index is 12.2. The van der Waals surface area contributed by atoms with E-state index in [1.807, 2.05) is 31.2 Å². The Kier molecular flexibility index (Phi) is 4.27. The van der Waals surface area contributed by atoms with Gasteiger partial charge >= 0.3 is 0 Å². The van der Waals surface area contributed by atoms with Gasteiger partial charge in [-0.25, -0.2) is 13.1 Å². The molecule has 1 heterocycles. The van der Waals surface area contributed by atoms with Gasteiger partial charge in [0, 0.05) is 12.6 Å². The molecular weight excluding hydrogens is 278 g/mol. The van der Waals surface area contributed by atoms with Crippen molar-refractivity contribution in [3.63, 3.8) is 0 Å². The fourth-order valence-electron chi connectivity index (χ4n) is 1.83. The second-order valence-corrected chi connectivity index (χ2v) is 6.34. The van der Waals surface area contributed by atoms with E-state index in [4.69, 9.17) is 9.52 Å². The van der Waals surface area contributed by atoms with Gasteiger partial charge in [-0.05, 0) is 19.4 Å². The van der Waals surface area contributed by atoms with Crippen LogP contribution in [-0.2, 0) is 23.2 Å². The second kappa shape index (κ2) is 5.78. The van der Waals surface area contributed by atoms with Crippen molar-refractivity contribution in [2.75, 3.05) is 0 Å². The van der Waals surface area contributed by atoms with Gasteiger partial charge in [0.2, 0.25) is 10.0 Å². The largest absolute Gasteiger partial charge is 0.462 e. The van der Waals surface area contributed by atoms with Crippen molar-refractivity contribution in [2.24, 2.45) is 0 Å². The van der Waals surface area contributed by atoms with Crippen LogP contribution in [0.5, 0.6) is 0 Å². The molecule has 0 fully saturated rings. The average molecular weight is 295 g/mol. The van der Waals surface area contributed by atoms with E-state index in [9.17, 15) is 8.42 Å². The predicted molar refractivity (Wildman–Crippen MR) is 74.6 cm³/mol. The minimum Gasteiger partial charge on any atom is -0.462 e. The molecular formula is C14H17NO4S. The van der Waals surface area contributed by atoms with Gasteiger partial charge in [-0.15, -0.1) is 0 Å². The lowest BCUT2D eigenvalue weighted by molar-refractivity contribution is 0.244. The van der Waals surface area contributed by atoms with Gasteiger partial charge in [0.25, 0.3) is 0 Å². The quantitative estimate of drug-likeness (QED) is 0.882. The predicted octanol–water partition coefficient (Wildman–Crippen LogP) is 1.87. The van der Waals surface area contributed by atoms with Gasteiger partial charge in [-0.1, -0.05) is 29.8 Å². The molecule has 2 aromatic rings. The summed E-state index contributed by atoms with van der Waals surface area (Å²) in [4.78, 5) is 0.0636. The first kappa shape index (κ1) is 14.8. The molecule has 1 aromatic carbocycles. The van der Waals surface area contributed by atoms with Crippen LogP contribution >= 0.6 is 0 Å². The molecule has 0 amide bonds. The molecule has 0 aliphatic heterocycles. The molecule has 20 heavy (non-hydrogen) atoms. The SMILES string of the molecule is Cc1ccc(CNS(=O)(=O)c2cc(CO)oc2C)cc1. The number of hydrogen-bond donors (Lipinski definition) is 2. The molecule has 6 heteroatoms. The minimum atomic E-state index is -3.64. The number of nitrogens with one attached hydrogen (secondary N) is 1. The molecule has 0 saturated heterocycles. The summed E-state index contributed by atoms with van der Waals surface area (Å²) in [6.45, 7) is 3.41. The molecule has 5 nitrogen and oxygen atoms in total. The third-order valence-electron chi connectivity index (χ3n) is 2.96. The molecule has 0 unspecified atom stereocenters. The molecule has 1 aromatic heterocycles. The fraction of sp³-hybridized carbons (Fsp3) is 0.286. The highest BCUT2D eigenvalue weighted by molar-refractivity contribution is 7.89. The van der Waals surface area contributed by atoms with Gasteiger partial charge in [0.05, 0.1) is 0 Å². The number of furan rings is 1. The van der Waals surface area contributed by atoms with Crippen LogP contribution < -0.4 is 4.72 Å². The molecule has 0 aliphatic carbocycles. The summed E-state index contributed by atoms with van der Waals surface area (Å²) in [5.41, 5.74) is 2.00. The molecule has 0 atom stereocenters. The van der Waals surface area contributed by atoms with Crippen molar-refractivity contribution in [1.29, 1.82) is 0 Å². The topological polar surface area (TPSA) is 79.5 Å². The Morgan fingerprint density at radius 2 is 1.85 bits per heavy atom. The highest BCUT2D eigenvalue weighted by Gasteiger charge is 2.20. The molecule has 0 radical (unpaired) electrons. The van der Waals surface area contributed by atoms with Gasteiger partial charge in [-0.3, -0.25) is 0 Å². The number of sulfonamides is 1. The highest BCUT2D eigenvalue weighted by atomic mass is 32.2. The Bertz CT molecular complexity index is 686. The van der Waals surface area contributed by atoms with E-state index in [1.165, 1.54) is 6.07 Å². The van der Waals surface area contributed by atoms with Crippen LogP contribution in [0.15, 0.2) is 39.6 Å². The molecule has 0 aliphatic rings. The monoisotopic (exact) mass is 295 g/mol. The van der Waals surface area contributed by atoms with E-state index >= 15 is 0 Å². The van der Waals surface area contributed by atoms with Crippen LogP contribution in [0.25, 0.3) is 0 Å². The van der Waals surface area contributed by atoms with Crippen LogP contribution in [0.3, 0.4) is 0 Å². The van der Waals surface area contributed by atoms with Crippen molar-refractivity contribution in [3.8, 4) is 0 Å². The zero-order valence-electron chi connectivity index (χ0n) is 11.4. The normalized spacial score (nSPS) is 11.8. The maximum atomic E-state index is 12.2. The van der Waals surface area contributed by atoms with E-state index in [0.717, 1.165) is 11.1 Å². The van der Waals surface area contributed by atoms with Crippen LogP contribution in [0.2, 0.25) is 0 Å². The lowest BCUT2D eigenvalue weighted by Crippen LogP contribution is -2.23. The number of aliphatic hydroxyl groups excluding tert-OH is 1. The number of hydrogen-bond acceptors (Lipinski definition) is 4. The lowest BCUT2D eigenvalue weighted by Gasteiger charge is -2.06. The maximum Gasteiger partial charge on any atom is 0.244 e. The van der Waals surface area contributed by atoms with Crippen molar-refractivity contribution < 1.29 is 17.9 Å². The Hall–Kier alpha value is -1.63. The van der Waals surface area contributed by atoms with Crippen LogP contribution in [0, 0.1) is 13.8 Å². The third-order valence-corrected chi connectivity index (χ3v) is 4.46. The Morgan fingerprint density at radius 3 is 2.40 bits per heavy atom. The van der Waals surface area contributed by atoms with E-state index in [0.29, 0.717) is 0 Å². The van der Waals surface area contributed by atoms with Crippen LogP contribution in [-0.4, -0.2) is 13.5 Å². The lowest BCUT2D eigenvalue weighted by atomic mass is 10.2. The summed E-state index contributed by atoms with van der Waals surface area (Å²) >= 11 is 0. The Morgan fingerprint density at radius 1 is 1.20 bits per heavy atom. The van der Waals surface area contributed by atoms with Crippen LogP contribution in [0.1, 0.15) is 22.6 Å². The molecule has 0 spiro atoms. The first-order valence-electron chi connectivity index (χ1n) is 6.18. The standard InChI is InChI=1S/C14H17NO4S/c1-10-3-5-12(6-4-10)8-15-20(17,18)14-7-13(9-16)19-11(14)2/h3-7,15-16H,8-9H2,1-2H3. The van der Waals surface area contributed by atoms with Gasteiger partial charge in [0.1, 0.15) is 23.0 Å². The molecule has 2 rings (SSSR count). The molecule has 108 valence electrons. The van der Waals surface area contributed by atoms with E-state index in [1.54, 1.807) is 6.92 Å². The summed E-state index contributed by atoms with van der Waals surface area (Å²) in [6, 6.07) is 8.94. The first-order chi connectivity index (χ1) is 9.42. The van der Waals surface area contributed by atoms with Crippen molar-refractivity contribution in [1.82, 2.24) is 4.72 Å². The van der Waals surface area contributed by atoms with E-state index in [2.05, 4.69) is 4.72 Å². The minimum absolute atomic E-state index is 0.0636. The fourth-order valence-corrected chi connectivity index (χ4v) is 3.05. The van der Waals surface area contributed by atoms with Crippen molar-refractivity contribution >= 4 is 10.0 Å². The number of benzene rings is 1. The first-order valence-corrected chi connectivity index (χ1v) is 7.66. The average Bonchev–Trinajstić information content (AvgIpc) is 2.80. The summed E-state index contributed by atoms with van der Waals surface area (Å²) in [7, 11) is -3.64. The Labute approximate surface area is 118 Å². The third kappa shape index (κ3) is 3.27. The van der Waals surface area contributed by atoms with E-state index in [-0.39, 0.29) is 29.6 Å².